The van der Waals surface area contributed by atoms with Crippen molar-refractivity contribution in [2.75, 3.05) is 23.8 Å². The van der Waals surface area contributed by atoms with Crippen LogP contribution in [-0.4, -0.2) is 38.5 Å². The Balaban J connectivity index is 1.56. The van der Waals surface area contributed by atoms with Crippen LogP contribution < -0.4 is 24.0 Å². The molecule has 5 rings (SSSR count). The summed E-state index contributed by atoms with van der Waals surface area (Å²) in [6.45, 7) is 0. The molecule has 216 valence electrons. The number of fused-ring (bicyclic) bond motifs is 1. The van der Waals surface area contributed by atoms with E-state index in [1.54, 1.807) is 78.9 Å². The molecule has 0 unspecified atom stereocenters. The van der Waals surface area contributed by atoms with Gasteiger partial charge in [0.15, 0.2) is 22.4 Å². The minimum absolute atomic E-state index is 0.00395. The second-order valence-corrected chi connectivity index (χ2v) is 10.0. The van der Waals surface area contributed by atoms with E-state index in [-0.39, 0.29) is 33.6 Å². The number of benzene rings is 4. The summed E-state index contributed by atoms with van der Waals surface area (Å²) in [7, 11) is -0.230. The lowest BCUT2D eigenvalue weighted by Gasteiger charge is -2.20. The molecule has 0 bridgehead atoms. The third kappa shape index (κ3) is 6.76. The van der Waals surface area contributed by atoms with Gasteiger partial charge in [0.25, 0.3) is 0 Å². The highest BCUT2D eigenvalue weighted by Gasteiger charge is 2.22. The number of nitrogens with zero attached hydrogens (tertiary/aromatic N) is 6. The van der Waals surface area contributed by atoms with E-state index in [2.05, 4.69) is 30.4 Å². The third-order valence-corrected chi connectivity index (χ3v) is 7.08. The largest absolute Gasteiger partial charge is 0.497 e. The number of hydrogen-bond donors (Lipinski definition) is 2. The number of carbonyl (C=O) groups excluding carboxylic acids is 1. The molecule has 0 saturated carbocycles. The molecule has 0 saturated heterocycles. The number of hydrogen-bond acceptors (Lipinski definition) is 9. The summed E-state index contributed by atoms with van der Waals surface area (Å²) in [6, 6.07) is 24.8. The lowest BCUT2D eigenvalue weighted by atomic mass is 10.2. The fourth-order valence-corrected chi connectivity index (χ4v) is 4.85. The van der Waals surface area contributed by atoms with Crippen molar-refractivity contribution in [1.82, 2.24) is 14.9 Å². The number of rotatable bonds is 9. The molecular formula is C29H23ClN7O5S+. The zero-order valence-corrected chi connectivity index (χ0v) is 24.4. The number of para-hydroxylation sites is 2. The highest BCUT2D eigenvalue weighted by molar-refractivity contribution is 7.74. The Morgan fingerprint density at radius 1 is 0.884 bits per heavy atom. The molecule has 0 aliphatic carbocycles. The molecule has 4 aromatic carbocycles. The average molecular weight is 617 g/mol. The van der Waals surface area contributed by atoms with E-state index in [1.165, 1.54) is 26.4 Å². The molecule has 12 nitrogen and oxygen atoms in total. The molecule has 0 aliphatic heterocycles. The number of aromatic nitrogens is 2. The van der Waals surface area contributed by atoms with Gasteiger partial charge in [-0.15, -0.1) is 0 Å². The Bertz CT molecular complexity index is 1950. The molecule has 5 aromatic rings. The zero-order valence-electron chi connectivity index (χ0n) is 22.7. The van der Waals surface area contributed by atoms with Gasteiger partial charge in [-0.25, -0.2) is 22.7 Å². The van der Waals surface area contributed by atoms with Gasteiger partial charge < -0.3 is 14.8 Å². The number of thiol groups is 1. The summed E-state index contributed by atoms with van der Waals surface area (Å²) in [5.74, 6) is 0.511. The van der Waals surface area contributed by atoms with Gasteiger partial charge >= 0.3 is 5.91 Å². The molecule has 14 heteroatoms. The lowest BCUT2D eigenvalue weighted by molar-refractivity contribution is 0.0993. The number of methoxy groups -OCH3 is 2. The van der Waals surface area contributed by atoms with Crippen LogP contribution in [0.2, 0.25) is 5.02 Å². The fraction of sp³-hybridized carbons (Fsp3) is 0.0690. The first-order valence-corrected chi connectivity index (χ1v) is 14.1. The topological polar surface area (TPSA) is 150 Å². The second kappa shape index (κ2) is 13.1. The number of amides is 1. The molecule has 1 amide bonds. The number of ether oxygens (including phenoxy) is 2. The standard InChI is InChI=1S/C29H22ClN7O5S/c1-41-21-15-19(16-22(17-21)42-2)31-27-28(33-26-13-6-5-12-25(26)32-27)37(43(39)40)20-9-7-8-18(14-20)34-36-35-29(38)23-10-3-4-11-24(23)30/h3-17,43H,1-2H3/p+1. The van der Waals surface area contributed by atoms with Crippen LogP contribution in [0.25, 0.3) is 11.0 Å². The van der Waals surface area contributed by atoms with Crippen LogP contribution >= 0.6 is 11.6 Å². The zero-order chi connectivity index (χ0) is 30.3. The molecule has 1 heterocycles. The second-order valence-electron chi connectivity index (χ2n) is 8.75. The summed E-state index contributed by atoms with van der Waals surface area (Å²) < 4.78 is 37.2. The van der Waals surface area contributed by atoms with Crippen molar-refractivity contribution < 1.29 is 22.7 Å². The maximum Gasteiger partial charge on any atom is 0.362 e. The number of carbonyl (C=O) groups is 1. The van der Waals surface area contributed by atoms with Gasteiger partial charge in [0.2, 0.25) is 20.9 Å². The van der Waals surface area contributed by atoms with E-state index >= 15 is 0 Å². The highest BCUT2D eigenvalue weighted by atomic mass is 35.5. The summed E-state index contributed by atoms with van der Waals surface area (Å²) in [5, 5.41) is 10.9. The summed E-state index contributed by atoms with van der Waals surface area (Å²) in [5.41, 5.74) is 2.14. The molecule has 0 fully saturated rings. The predicted octanol–water partition coefficient (Wildman–Crippen LogP) is 6.15. The van der Waals surface area contributed by atoms with Gasteiger partial charge in [-0.2, -0.15) is 0 Å². The Hall–Kier alpha value is -5.36. The van der Waals surface area contributed by atoms with Gasteiger partial charge in [0.05, 0.1) is 41.5 Å². The van der Waals surface area contributed by atoms with Crippen LogP contribution in [0.4, 0.5) is 28.7 Å². The highest BCUT2D eigenvalue weighted by Crippen LogP contribution is 2.36. The van der Waals surface area contributed by atoms with Gasteiger partial charge in [0.1, 0.15) is 11.5 Å². The van der Waals surface area contributed by atoms with E-state index in [1.807, 2.05) is 0 Å². The Morgan fingerprint density at radius 3 is 2.23 bits per heavy atom. The molecule has 0 atom stereocenters. The molecule has 0 radical (unpaired) electrons. The normalized spacial score (nSPS) is 10.6. The number of halogens is 1. The first-order chi connectivity index (χ1) is 20.9. The van der Waals surface area contributed by atoms with Gasteiger partial charge in [-0.1, -0.05) is 41.9 Å². The molecule has 1 aromatic heterocycles. The monoisotopic (exact) mass is 616 g/mol. The van der Waals surface area contributed by atoms with Crippen LogP contribution in [0.1, 0.15) is 10.4 Å². The van der Waals surface area contributed by atoms with Gasteiger partial charge in [-0.3, -0.25) is 4.79 Å². The Morgan fingerprint density at radius 2 is 1.56 bits per heavy atom. The Labute approximate surface area is 252 Å². The lowest BCUT2D eigenvalue weighted by Crippen LogP contribution is -2.18. The van der Waals surface area contributed by atoms with E-state index < -0.39 is 16.8 Å². The van der Waals surface area contributed by atoms with E-state index in [9.17, 15) is 13.2 Å². The molecule has 0 spiro atoms. The number of nitrogens with one attached hydrogen (secondary N) is 1. The van der Waals surface area contributed by atoms with Crippen LogP contribution in [0, 0.1) is 0 Å². The van der Waals surface area contributed by atoms with E-state index in [4.69, 9.17) is 21.1 Å². The average Bonchev–Trinajstić information content (AvgIpc) is 3.01. The van der Waals surface area contributed by atoms with Crippen molar-refractivity contribution in [2.24, 2.45) is 10.2 Å². The minimum atomic E-state index is -3.27. The maximum absolute atomic E-state index is 12.7. The molecular weight excluding hydrogens is 594 g/mol. The molecule has 1 N–H and O–H groups in total. The summed E-state index contributed by atoms with van der Waals surface area (Å²) in [4.78, 5) is 25.3. The molecule has 43 heavy (non-hydrogen) atoms. The summed E-state index contributed by atoms with van der Waals surface area (Å²) in [6.07, 6.45) is 0. The summed E-state index contributed by atoms with van der Waals surface area (Å²) >= 11 is 6.04. The maximum atomic E-state index is 12.7. The SMILES string of the molecule is COc1cc(Nc2nc3ccccc3nc2N(c2cccc(N=[N+]=NC(=O)c3ccccc3Cl)c2)[SH](=O)=O)cc(OC)c1. The van der Waals surface area contributed by atoms with Crippen molar-refractivity contribution in [2.45, 2.75) is 0 Å². The first-order valence-electron chi connectivity index (χ1n) is 12.6. The van der Waals surface area contributed by atoms with E-state index in [0.29, 0.717) is 28.2 Å². The molecule has 0 aliphatic rings. The predicted molar refractivity (Wildman–Crippen MR) is 164 cm³/mol. The quantitative estimate of drug-likeness (QED) is 0.114. The van der Waals surface area contributed by atoms with Crippen LogP contribution in [0.5, 0.6) is 11.5 Å². The first kappa shape index (κ1) is 29.1. The van der Waals surface area contributed by atoms with Crippen molar-refractivity contribution >= 4 is 68.1 Å². The van der Waals surface area contributed by atoms with E-state index in [0.717, 1.165) is 4.31 Å². The minimum Gasteiger partial charge on any atom is -0.497 e. The fourth-order valence-electron chi connectivity index (χ4n) is 4.02. The van der Waals surface area contributed by atoms with Crippen molar-refractivity contribution in [3.63, 3.8) is 0 Å². The van der Waals surface area contributed by atoms with Crippen LogP contribution in [0.3, 0.4) is 0 Å². The van der Waals surface area contributed by atoms with Crippen molar-refractivity contribution in [1.29, 1.82) is 0 Å². The van der Waals surface area contributed by atoms with Crippen molar-refractivity contribution in [3.05, 3.63) is 102 Å². The van der Waals surface area contributed by atoms with Crippen LogP contribution in [0.15, 0.2) is 101 Å². The van der Waals surface area contributed by atoms with Gasteiger partial charge in [0, 0.05) is 23.9 Å². The number of anilines is 4. The van der Waals surface area contributed by atoms with Gasteiger partial charge in [-0.05, 0) is 42.5 Å². The smallest absolute Gasteiger partial charge is 0.362 e. The Kier molecular flexibility index (Phi) is 8.87. The third-order valence-electron chi connectivity index (χ3n) is 6.00. The van der Waals surface area contributed by atoms with Crippen LogP contribution in [-0.2, 0) is 10.9 Å². The van der Waals surface area contributed by atoms with Crippen molar-refractivity contribution in [3.8, 4) is 11.5 Å².